The zero-order chi connectivity index (χ0) is 9.19. The number of halogens is 3. The molecule has 0 saturated heterocycles. The van der Waals surface area contributed by atoms with Crippen molar-refractivity contribution in [3.63, 3.8) is 0 Å². The van der Waals surface area contributed by atoms with Crippen molar-refractivity contribution in [2.45, 2.75) is 6.36 Å². The van der Waals surface area contributed by atoms with Gasteiger partial charge in [-0.15, -0.1) is 13.2 Å². The highest BCUT2D eigenvalue weighted by Gasteiger charge is 2.34. The van der Waals surface area contributed by atoms with Gasteiger partial charge in [0.05, 0.1) is 11.8 Å². The number of esters is 1. The molecule has 0 atom stereocenters. The molecule has 1 aromatic heterocycles. The molecule has 0 spiro atoms. The molecule has 0 N–H and O–H groups in total. The number of ether oxygens (including phenoxy) is 1. The summed E-state index contributed by atoms with van der Waals surface area (Å²) in [5.74, 6) is -1.43. The van der Waals surface area contributed by atoms with Gasteiger partial charge in [0.15, 0.2) is 0 Å². The summed E-state index contributed by atoms with van der Waals surface area (Å²) in [5, 5.41) is 1.17. The van der Waals surface area contributed by atoms with Gasteiger partial charge in [0.2, 0.25) is 0 Å². The fourth-order valence-corrected chi connectivity index (χ4v) is 0.976. The highest BCUT2D eigenvalue weighted by Crippen LogP contribution is 2.18. The van der Waals surface area contributed by atoms with Crippen molar-refractivity contribution < 1.29 is 22.7 Å². The lowest BCUT2D eigenvalue weighted by Crippen LogP contribution is -2.18. The first kappa shape index (κ1) is 8.98. The largest absolute Gasteiger partial charge is 0.575 e. The van der Waals surface area contributed by atoms with Gasteiger partial charge in [0.1, 0.15) is 0 Å². The zero-order valence-electron chi connectivity index (χ0n) is 5.46. The maximum atomic E-state index is 11.4. The van der Waals surface area contributed by atoms with E-state index in [0.29, 0.717) is 0 Å². The second-order valence-electron chi connectivity index (χ2n) is 1.75. The third-order valence-corrected chi connectivity index (χ3v) is 1.46. The summed E-state index contributed by atoms with van der Waals surface area (Å²) in [6.07, 6.45) is -3.92. The molecule has 0 fully saturated rings. The van der Waals surface area contributed by atoms with Crippen molar-refractivity contribution in [3.05, 3.63) is 17.1 Å². The topological polar surface area (TPSA) is 39.2 Å². The maximum absolute atomic E-state index is 11.4. The molecular formula is C5H2F3NO2S. The first-order valence-electron chi connectivity index (χ1n) is 2.68. The fraction of sp³-hybridized carbons (Fsp3) is 0.200. The number of aromatic nitrogens is 1. The Morgan fingerprint density at radius 2 is 2.25 bits per heavy atom. The number of carbonyl (C=O) groups is 1. The van der Waals surface area contributed by atoms with E-state index in [4.69, 9.17) is 0 Å². The molecule has 0 saturated carbocycles. The minimum Gasteiger partial charge on any atom is -0.369 e. The average molecular weight is 197 g/mol. The van der Waals surface area contributed by atoms with Crippen LogP contribution in [0.3, 0.4) is 0 Å². The molecule has 0 aliphatic heterocycles. The first-order chi connectivity index (χ1) is 5.49. The minimum absolute atomic E-state index is 0.197. The van der Waals surface area contributed by atoms with Crippen LogP contribution in [0.25, 0.3) is 0 Å². The van der Waals surface area contributed by atoms with Crippen molar-refractivity contribution in [1.29, 1.82) is 0 Å². The van der Waals surface area contributed by atoms with Gasteiger partial charge in [0, 0.05) is 5.38 Å². The van der Waals surface area contributed by atoms with Crippen LogP contribution in [0.15, 0.2) is 11.6 Å². The molecule has 3 nitrogen and oxygen atoms in total. The van der Waals surface area contributed by atoms with Gasteiger partial charge < -0.3 is 4.74 Å². The average Bonchev–Trinajstić information content (AvgIpc) is 2.32. The van der Waals surface area contributed by atoms with E-state index in [1.54, 1.807) is 0 Å². The van der Waals surface area contributed by atoms with E-state index in [2.05, 4.69) is 9.11 Å². The van der Waals surface area contributed by atoms with Gasteiger partial charge in [0.25, 0.3) is 0 Å². The van der Waals surface area contributed by atoms with E-state index in [1.807, 2.05) is 0 Å². The Balaban J connectivity index is 2.63. The lowest BCUT2D eigenvalue weighted by molar-refractivity contribution is -0.291. The lowest BCUT2D eigenvalue weighted by Gasteiger charge is -2.04. The number of nitrogens with zero attached hydrogens (tertiary/aromatic N) is 1. The van der Waals surface area contributed by atoms with Crippen LogP contribution in [0.1, 0.15) is 10.4 Å². The summed E-state index contributed by atoms with van der Waals surface area (Å²) >= 11 is 0.876. The molecule has 1 rings (SSSR count). The van der Waals surface area contributed by atoms with E-state index >= 15 is 0 Å². The molecule has 0 radical (unpaired) electrons. The number of hydrogen-bond donors (Lipinski definition) is 0. The monoisotopic (exact) mass is 197 g/mol. The van der Waals surface area contributed by atoms with E-state index in [0.717, 1.165) is 17.7 Å². The normalized spacial score (nSPS) is 11.2. The number of carbonyl (C=O) groups excluding carboxylic acids is 1. The Kier molecular flexibility index (Phi) is 2.32. The maximum Gasteiger partial charge on any atom is 0.575 e. The van der Waals surface area contributed by atoms with Crippen LogP contribution in [0.2, 0.25) is 0 Å². The molecule has 0 bridgehead atoms. The van der Waals surface area contributed by atoms with Crippen molar-refractivity contribution in [3.8, 4) is 0 Å². The predicted molar refractivity (Wildman–Crippen MR) is 33.6 cm³/mol. The number of hydrogen-bond acceptors (Lipinski definition) is 4. The SMILES string of the molecule is O=C(OC(F)(F)F)c1cnsc1. The molecule has 7 heteroatoms. The summed E-state index contributed by atoms with van der Waals surface area (Å²) in [7, 11) is 0. The van der Waals surface area contributed by atoms with Crippen LogP contribution in [-0.2, 0) is 4.74 Å². The standard InChI is InChI=1S/C5H2F3NO2S/c6-5(7,8)11-4(10)3-1-9-12-2-3/h1-2H. The van der Waals surface area contributed by atoms with Crippen LogP contribution in [0, 0.1) is 0 Å². The Labute approximate surface area is 68.9 Å². The first-order valence-corrected chi connectivity index (χ1v) is 3.52. The number of alkyl halides is 3. The van der Waals surface area contributed by atoms with Gasteiger partial charge in [-0.2, -0.15) is 0 Å². The lowest BCUT2D eigenvalue weighted by atomic mass is 10.4. The summed E-state index contributed by atoms with van der Waals surface area (Å²) in [6, 6.07) is 0. The van der Waals surface area contributed by atoms with Crippen molar-refractivity contribution in [2.24, 2.45) is 0 Å². The molecule has 0 amide bonds. The van der Waals surface area contributed by atoms with Gasteiger partial charge in [-0.1, -0.05) is 0 Å². The molecule has 1 aromatic rings. The minimum atomic E-state index is -4.93. The Morgan fingerprint density at radius 1 is 1.58 bits per heavy atom. The molecule has 1 heterocycles. The van der Waals surface area contributed by atoms with Gasteiger partial charge >= 0.3 is 12.3 Å². The quantitative estimate of drug-likeness (QED) is 0.644. The van der Waals surface area contributed by atoms with Crippen molar-refractivity contribution in [2.75, 3.05) is 0 Å². The van der Waals surface area contributed by atoms with E-state index in [1.165, 1.54) is 5.38 Å². The molecule has 0 aliphatic rings. The highest BCUT2D eigenvalue weighted by molar-refractivity contribution is 7.03. The van der Waals surface area contributed by atoms with Crippen molar-refractivity contribution in [1.82, 2.24) is 4.37 Å². The Hall–Kier alpha value is -1.11. The summed E-state index contributed by atoms with van der Waals surface area (Å²) in [5.41, 5.74) is -0.197. The van der Waals surface area contributed by atoms with Crippen LogP contribution < -0.4 is 0 Å². The highest BCUT2D eigenvalue weighted by atomic mass is 32.1. The summed E-state index contributed by atoms with van der Waals surface area (Å²) < 4.78 is 40.9. The third kappa shape index (κ3) is 2.50. The number of rotatable bonds is 1. The van der Waals surface area contributed by atoms with E-state index in [9.17, 15) is 18.0 Å². The Morgan fingerprint density at radius 3 is 2.67 bits per heavy atom. The summed E-state index contributed by atoms with van der Waals surface area (Å²) in [6.45, 7) is 0. The van der Waals surface area contributed by atoms with E-state index in [-0.39, 0.29) is 5.56 Å². The second kappa shape index (κ2) is 3.10. The van der Waals surface area contributed by atoms with E-state index < -0.39 is 12.3 Å². The molecule has 0 aliphatic carbocycles. The van der Waals surface area contributed by atoms with Gasteiger partial charge in [-0.05, 0) is 11.5 Å². The molecule has 66 valence electrons. The van der Waals surface area contributed by atoms with Crippen LogP contribution in [0.4, 0.5) is 13.2 Å². The smallest absolute Gasteiger partial charge is 0.369 e. The third-order valence-electron chi connectivity index (χ3n) is 0.876. The van der Waals surface area contributed by atoms with Crippen LogP contribution in [-0.4, -0.2) is 16.7 Å². The Bertz CT molecular complexity index is 269. The molecule has 12 heavy (non-hydrogen) atoms. The summed E-state index contributed by atoms with van der Waals surface area (Å²) in [4.78, 5) is 10.5. The second-order valence-corrected chi connectivity index (χ2v) is 2.41. The molecule has 0 aromatic carbocycles. The van der Waals surface area contributed by atoms with Crippen LogP contribution in [0.5, 0.6) is 0 Å². The molecular weight excluding hydrogens is 195 g/mol. The van der Waals surface area contributed by atoms with Crippen LogP contribution >= 0.6 is 11.5 Å². The van der Waals surface area contributed by atoms with Gasteiger partial charge in [-0.3, -0.25) is 0 Å². The van der Waals surface area contributed by atoms with Gasteiger partial charge in [-0.25, -0.2) is 9.17 Å². The van der Waals surface area contributed by atoms with Crippen molar-refractivity contribution >= 4 is 17.5 Å². The zero-order valence-corrected chi connectivity index (χ0v) is 6.28. The fourth-order valence-electron chi connectivity index (χ4n) is 0.470. The molecule has 0 unspecified atom stereocenters. The predicted octanol–water partition coefficient (Wildman–Crippen LogP) is 1.82.